The quantitative estimate of drug-likeness (QED) is 0.242. The van der Waals surface area contributed by atoms with Crippen LogP contribution in [-0.4, -0.2) is 0 Å². The molecule has 3 heteroatoms. The molecule has 0 aromatic heterocycles. The fourth-order valence-electron chi connectivity index (χ4n) is 5.63. The van der Waals surface area contributed by atoms with Gasteiger partial charge in [-0.25, -0.2) is 8.78 Å². The van der Waals surface area contributed by atoms with E-state index in [1.165, 1.54) is 68.6 Å². The molecular weight excluding hydrogens is 470 g/mol. The van der Waals surface area contributed by atoms with Crippen molar-refractivity contribution in [3.05, 3.63) is 105 Å². The summed E-state index contributed by atoms with van der Waals surface area (Å²) in [5.41, 5.74) is 5.53. The van der Waals surface area contributed by atoms with Crippen LogP contribution >= 0.6 is 11.6 Å². The van der Waals surface area contributed by atoms with E-state index >= 15 is 0 Å². The van der Waals surface area contributed by atoms with Gasteiger partial charge in [-0.3, -0.25) is 0 Å². The van der Waals surface area contributed by atoms with Gasteiger partial charge in [0, 0.05) is 0 Å². The summed E-state index contributed by atoms with van der Waals surface area (Å²) in [5.74, 6) is 1.05. The van der Waals surface area contributed by atoms with Crippen molar-refractivity contribution >= 4 is 11.6 Å². The van der Waals surface area contributed by atoms with E-state index < -0.39 is 5.82 Å². The standard InChI is InChI=1S/C33H39ClF2/c1-2-3-24-4-6-25(7-5-24)8-9-26-10-12-27(13-11-26)14-15-28-16-19-30(32(35)22-28)20-17-29-18-21-31(34)33(36)23-29/h4-7,16,18-19,21-23,26-27H,2-3,8-15,17,20H2,1H3/t26-,27-. The molecule has 0 N–H and O–H groups in total. The number of hydrogen-bond donors (Lipinski definition) is 0. The summed E-state index contributed by atoms with van der Waals surface area (Å²) in [6, 6.07) is 19.7. The Bertz CT molecular complexity index is 1100. The minimum absolute atomic E-state index is 0.121. The predicted molar refractivity (Wildman–Crippen MR) is 148 cm³/mol. The molecule has 0 bridgehead atoms. The molecule has 0 radical (unpaired) electrons. The average Bonchev–Trinajstić information content (AvgIpc) is 2.89. The summed E-state index contributed by atoms with van der Waals surface area (Å²) in [7, 11) is 0. The second-order valence-corrected chi connectivity index (χ2v) is 11.1. The Morgan fingerprint density at radius 1 is 0.611 bits per heavy atom. The Hall–Kier alpha value is -2.19. The lowest BCUT2D eigenvalue weighted by atomic mass is 9.77. The summed E-state index contributed by atoms with van der Waals surface area (Å²) in [6.07, 6.45) is 13.4. The van der Waals surface area contributed by atoms with Gasteiger partial charge in [-0.1, -0.05) is 93.1 Å². The van der Waals surface area contributed by atoms with E-state index in [0.29, 0.717) is 18.4 Å². The van der Waals surface area contributed by atoms with Crippen LogP contribution in [0.15, 0.2) is 60.7 Å². The van der Waals surface area contributed by atoms with Crippen LogP contribution in [0.25, 0.3) is 0 Å². The van der Waals surface area contributed by atoms with Crippen LogP contribution in [-0.2, 0) is 32.1 Å². The SMILES string of the molecule is CCCc1ccc(CC[C@H]2CC[C@H](CCc3ccc(CCc4ccc(Cl)c(F)c4)c(F)c3)CC2)cc1. The summed E-state index contributed by atoms with van der Waals surface area (Å²) in [4.78, 5) is 0. The molecule has 1 aliphatic rings. The van der Waals surface area contributed by atoms with Crippen molar-refractivity contribution in [2.75, 3.05) is 0 Å². The van der Waals surface area contributed by atoms with Gasteiger partial charge < -0.3 is 0 Å². The maximum Gasteiger partial charge on any atom is 0.142 e. The van der Waals surface area contributed by atoms with Crippen molar-refractivity contribution in [1.29, 1.82) is 0 Å². The molecule has 4 rings (SSSR count). The van der Waals surface area contributed by atoms with Gasteiger partial charge in [0.2, 0.25) is 0 Å². The van der Waals surface area contributed by atoms with E-state index in [1.54, 1.807) is 18.2 Å². The second kappa shape index (κ2) is 13.4. The highest BCUT2D eigenvalue weighted by molar-refractivity contribution is 6.30. The number of aryl methyl sites for hydroxylation is 5. The number of halogens is 3. The lowest BCUT2D eigenvalue weighted by Crippen LogP contribution is -2.16. The molecule has 1 aliphatic carbocycles. The van der Waals surface area contributed by atoms with E-state index in [1.807, 2.05) is 6.07 Å². The van der Waals surface area contributed by atoms with Crippen molar-refractivity contribution < 1.29 is 8.78 Å². The third-order valence-corrected chi connectivity index (χ3v) is 8.30. The molecule has 0 spiro atoms. The lowest BCUT2D eigenvalue weighted by Gasteiger charge is -2.28. The lowest BCUT2D eigenvalue weighted by molar-refractivity contribution is 0.253. The maximum atomic E-state index is 14.7. The summed E-state index contributed by atoms with van der Waals surface area (Å²) in [5, 5.41) is 0.121. The molecule has 0 aliphatic heterocycles. The first-order valence-corrected chi connectivity index (χ1v) is 14.2. The number of hydrogen-bond acceptors (Lipinski definition) is 0. The molecule has 0 amide bonds. The van der Waals surface area contributed by atoms with E-state index in [0.717, 1.165) is 35.8 Å². The largest absolute Gasteiger partial charge is 0.207 e. The Labute approximate surface area is 221 Å². The van der Waals surface area contributed by atoms with E-state index in [2.05, 4.69) is 37.3 Å². The van der Waals surface area contributed by atoms with Crippen LogP contribution in [0.5, 0.6) is 0 Å². The van der Waals surface area contributed by atoms with Crippen molar-refractivity contribution in [3.63, 3.8) is 0 Å². The molecular formula is C33H39ClF2. The van der Waals surface area contributed by atoms with Crippen LogP contribution in [0, 0.1) is 23.5 Å². The first-order chi connectivity index (χ1) is 17.5. The van der Waals surface area contributed by atoms with Gasteiger partial charge in [-0.05, 0) is 103 Å². The second-order valence-electron chi connectivity index (χ2n) is 10.7. The number of rotatable bonds is 11. The van der Waals surface area contributed by atoms with Crippen molar-refractivity contribution in [1.82, 2.24) is 0 Å². The molecule has 0 heterocycles. The zero-order valence-electron chi connectivity index (χ0n) is 21.5. The topological polar surface area (TPSA) is 0 Å². The van der Waals surface area contributed by atoms with Crippen LogP contribution < -0.4 is 0 Å². The Balaban J connectivity index is 1.17. The van der Waals surface area contributed by atoms with E-state index in [9.17, 15) is 8.78 Å². The highest BCUT2D eigenvalue weighted by Gasteiger charge is 2.21. The highest BCUT2D eigenvalue weighted by atomic mass is 35.5. The van der Waals surface area contributed by atoms with Gasteiger partial charge in [-0.15, -0.1) is 0 Å². The van der Waals surface area contributed by atoms with E-state index in [-0.39, 0.29) is 10.8 Å². The molecule has 36 heavy (non-hydrogen) atoms. The minimum Gasteiger partial charge on any atom is -0.207 e. The van der Waals surface area contributed by atoms with Crippen molar-refractivity contribution in [3.8, 4) is 0 Å². The van der Waals surface area contributed by atoms with Gasteiger partial charge in [0.05, 0.1) is 5.02 Å². The van der Waals surface area contributed by atoms with Crippen LogP contribution in [0.1, 0.15) is 79.7 Å². The van der Waals surface area contributed by atoms with Gasteiger partial charge in [0.25, 0.3) is 0 Å². The predicted octanol–water partition coefficient (Wildman–Crippen LogP) is 9.73. The monoisotopic (exact) mass is 508 g/mol. The van der Waals surface area contributed by atoms with Gasteiger partial charge in [0.1, 0.15) is 11.6 Å². The summed E-state index contributed by atoms with van der Waals surface area (Å²) < 4.78 is 28.3. The zero-order chi connectivity index (χ0) is 25.3. The first kappa shape index (κ1) is 26.9. The third-order valence-electron chi connectivity index (χ3n) is 7.99. The summed E-state index contributed by atoms with van der Waals surface area (Å²) >= 11 is 5.75. The van der Waals surface area contributed by atoms with Crippen LogP contribution in [0.4, 0.5) is 8.78 Å². The fourth-order valence-corrected chi connectivity index (χ4v) is 5.75. The van der Waals surface area contributed by atoms with Crippen molar-refractivity contribution in [2.24, 2.45) is 11.8 Å². The molecule has 3 aromatic rings. The third kappa shape index (κ3) is 7.90. The Morgan fingerprint density at radius 2 is 1.11 bits per heavy atom. The zero-order valence-corrected chi connectivity index (χ0v) is 22.3. The molecule has 3 aromatic carbocycles. The molecule has 1 saturated carbocycles. The van der Waals surface area contributed by atoms with Crippen molar-refractivity contribution in [2.45, 2.75) is 84.0 Å². The normalized spacial score (nSPS) is 17.9. The Morgan fingerprint density at radius 3 is 1.69 bits per heavy atom. The average molecular weight is 509 g/mol. The first-order valence-electron chi connectivity index (χ1n) is 13.8. The molecule has 0 nitrogen and oxygen atoms in total. The molecule has 1 fully saturated rings. The van der Waals surface area contributed by atoms with Gasteiger partial charge in [0.15, 0.2) is 0 Å². The molecule has 0 saturated heterocycles. The fraction of sp³-hybridized carbons (Fsp3) is 0.455. The number of benzene rings is 3. The van der Waals surface area contributed by atoms with Gasteiger partial charge >= 0.3 is 0 Å². The molecule has 192 valence electrons. The Kier molecular flexibility index (Phi) is 9.98. The smallest absolute Gasteiger partial charge is 0.142 e. The molecule has 0 atom stereocenters. The maximum absolute atomic E-state index is 14.7. The minimum atomic E-state index is -0.420. The molecule has 0 unspecified atom stereocenters. The van der Waals surface area contributed by atoms with Crippen LogP contribution in [0.3, 0.4) is 0 Å². The van der Waals surface area contributed by atoms with Crippen LogP contribution in [0.2, 0.25) is 5.02 Å². The highest BCUT2D eigenvalue weighted by Crippen LogP contribution is 2.34. The van der Waals surface area contributed by atoms with Gasteiger partial charge in [-0.2, -0.15) is 0 Å². The van der Waals surface area contributed by atoms with E-state index in [4.69, 9.17) is 11.6 Å². The summed E-state index contributed by atoms with van der Waals surface area (Å²) in [6.45, 7) is 2.23.